The van der Waals surface area contributed by atoms with Gasteiger partial charge in [-0.25, -0.2) is 8.78 Å². The summed E-state index contributed by atoms with van der Waals surface area (Å²) in [7, 11) is 0. The van der Waals surface area contributed by atoms with E-state index in [9.17, 15) is 18.4 Å². The van der Waals surface area contributed by atoms with E-state index in [0.717, 1.165) is 23.3 Å². The highest BCUT2D eigenvalue weighted by Crippen LogP contribution is 2.22. The van der Waals surface area contributed by atoms with Crippen molar-refractivity contribution in [3.8, 4) is 5.75 Å². The van der Waals surface area contributed by atoms with Gasteiger partial charge in [-0.2, -0.15) is 0 Å². The molecule has 0 saturated carbocycles. The lowest BCUT2D eigenvalue weighted by Gasteiger charge is -2.34. The second-order valence-electron chi connectivity index (χ2n) is 6.81. The van der Waals surface area contributed by atoms with E-state index in [1.807, 2.05) is 32.0 Å². The number of hydrogen-bond acceptors (Lipinski definition) is 3. The smallest absolute Gasteiger partial charge is 0.260 e. The molecular weight excluding hydrogens is 366 g/mol. The van der Waals surface area contributed by atoms with Crippen LogP contribution in [0.1, 0.15) is 21.5 Å². The fraction of sp³-hybridized carbons (Fsp3) is 0.333. The van der Waals surface area contributed by atoms with Crippen LogP contribution < -0.4 is 4.74 Å². The molecule has 0 bridgehead atoms. The first-order valence-electron chi connectivity index (χ1n) is 9.08. The van der Waals surface area contributed by atoms with E-state index in [4.69, 9.17) is 4.74 Å². The zero-order valence-electron chi connectivity index (χ0n) is 15.9. The number of amides is 2. The number of para-hydroxylation sites is 1. The Bertz CT molecular complexity index is 873. The maximum atomic E-state index is 13.3. The number of carbonyl (C=O) groups excluding carboxylic acids is 2. The van der Waals surface area contributed by atoms with E-state index in [1.165, 1.54) is 11.0 Å². The highest BCUT2D eigenvalue weighted by Gasteiger charge is 2.25. The molecule has 2 aromatic rings. The van der Waals surface area contributed by atoms with Crippen molar-refractivity contribution >= 4 is 11.8 Å². The average Bonchev–Trinajstić information content (AvgIpc) is 2.69. The second-order valence-corrected chi connectivity index (χ2v) is 6.81. The fourth-order valence-electron chi connectivity index (χ4n) is 3.22. The van der Waals surface area contributed by atoms with Gasteiger partial charge in [0.2, 0.25) is 0 Å². The van der Waals surface area contributed by atoms with E-state index in [1.54, 1.807) is 4.90 Å². The second kappa shape index (κ2) is 8.37. The van der Waals surface area contributed by atoms with Crippen LogP contribution in [0.25, 0.3) is 0 Å². The quantitative estimate of drug-likeness (QED) is 0.809. The normalized spacial score (nSPS) is 14.1. The van der Waals surface area contributed by atoms with Crippen LogP contribution in [0.5, 0.6) is 5.75 Å². The average molecular weight is 388 g/mol. The monoisotopic (exact) mass is 388 g/mol. The first-order chi connectivity index (χ1) is 13.4. The molecule has 1 aliphatic heterocycles. The van der Waals surface area contributed by atoms with Crippen molar-refractivity contribution in [2.45, 2.75) is 13.8 Å². The lowest BCUT2D eigenvalue weighted by molar-refractivity contribution is -0.134. The van der Waals surface area contributed by atoms with E-state index >= 15 is 0 Å². The fourth-order valence-corrected chi connectivity index (χ4v) is 3.22. The molecule has 0 aliphatic carbocycles. The van der Waals surface area contributed by atoms with Crippen LogP contribution in [0, 0.1) is 25.5 Å². The predicted octanol–water partition coefficient (Wildman–Crippen LogP) is 2.95. The SMILES string of the molecule is Cc1cccc(C)c1OCC(=O)N1CCN(C(=O)c2ccc(F)c(F)c2)CC1. The van der Waals surface area contributed by atoms with Gasteiger partial charge in [0.1, 0.15) is 5.75 Å². The molecule has 1 saturated heterocycles. The minimum atomic E-state index is -1.05. The van der Waals surface area contributed by atoms with Crippen LogP contribution >= 0.6 is 0 Å². The van der Waals surface area contributed by atoms with Crippen molar-refractivity contribution in [2.24, 2.45) is 0 Å². The number of aryl methyl sites for hydroxylation is 2. The molecular formula is C21H22F2N2O3. The Morgan fingerprint density at radius 3 is 2.14 bits per heavy atom. The topological polar surface area (TPSA) is 49.9 Å². The third kappa shape index (κ3) is 4.30. The summed E-state index contributed by atoms with van der Waals surface area (Å²) in [5.41, 5.74) is 2.03. The predicted molar refractivity (Wildman–Crippen MR) is 100 cm³/mol. The van der Waals surface area contributed by atoms with Crippen LogP contribution in [0.15, 0.2) is 36.4 Å². The minimum Gasteiger partial charge on any atom is -0.483 e. The summed E-state index contributed by atoms with van der Waals surface area (Å²) in [6.07, 6.45) is 0. The Kier molecular flexibility index (Phi) is 5.92. The van der Waals surface area contributed by atoms with E-state index in [0.29, 0.717) is 31.9 Å². The maximum Gasteiger partial charge on any atom is 0.260 e. The Labute approximate surface area is 162 Å². The third-order valence-electron chi connectivity index (χ3n) is 4.83. The molecule has 0 spiro atoms. The molecule has 28 heavy (non-hydrogen) atoms. The van der Waals surface area contributed by atoms with Gasteiger partial charge in [-0.05, 0) is 43.2 Å². The molecule has 0 N–H and O–H groups in total. The Morgan fingerprint density at radius 1 is 0.929 bits per heavy atom. The van der Waals surface area contributed by atoms with Gasteiger partial charge in [0.05, 0.1) is 0 Å². The zero-order valence-corrected chi connectivity index (χ0v) is 15.9. The maximum absolute atomic E-state index is 13.3. The summed E-state index contributed by atoms with van der Waals surface area (Å²) in [4.78, 5) is 28.0. The van der Waals surface area contributed by atoms with E-state index in [2.05, 4.69) is 0 Å². The minimum absolute atomic E-state index is 0.0667. The van der Waals surface area contributed by atoms with Gasteiger partial charge < -0.3 is 14.5 Å². The Balaban J connectivity index is 1.53. The first-order valence-corrected chi connectivity index (χ1v) is 9.08. The van der Waals surface area contributed by atoms with Gasteiger partial charge in [-0.3, -0.25) is 9.59 Å². The van der Waals surface area contributed by atoms with Gasteiger partial charge in [-0.1, -0.05) is 18.2 Å². The van der Waals surface area contributed by atoms with Crippen LogP contribution in [0.3, 0.4) is 0 Å². The van der Waals surface area contributed by atoms with Gasteiger partial charge in [0, 0.05) is 31.7 Å². The molecule has 2 amide bonds. The van der Waals surface area contributed by atoms with Crippen LogP contribution in [0.2, 0.25) is 0 Å². The summed E-state index contributed by atoms with van der Waals surface area (Å²) in [5, 5.41) is 0. The molecule has 1 aliphatic rings. The molecule has 0 radical (unpaired) electrons. The van der Waals surface area contributed by atoms with Crippen LogP contribution in [-0.2, 0) is 4.79 Å². The summed E-state index contributed by atoms with van der Waals surface area (Å²) >= 11 is 0. The van der Waals surface area contributed by atoms with Crippen molar-refractivity contribution in [2.75, 3.05) is 32.8 Å². The van der Waals surface area contributed by atoms with Crippen LogP contribution in [0.4, 0.5) is 8.78 Å². The molecule has 0 atom stereocenters. The Morgan fingerprint density at radius 2 is 1.54 bits per heavy atom. The first kappa shape index (κ1) is 19.8. The number of nitrogens with zero attached hydrogens (tertiary/aromatic N) is 2. The number of carbonyl (C=O) groups is 2. The van der Waals surface area contributed by atoms with E-state index < -0.39 is 11.6 Å². The largest absolute Gasteiger partial charge is 0.483 e. The van der Waals surface area contributed by atoms with E-state index in [-0.39, 0.29) is 24.0 Å². The number of piperazine rings is 1. The number of halogens is 2. The van der Waals surface area contributed by atoms with Crippen molar-refractivity contribution in [3.63, 3.8) is 0 Å². The van der Waals surface area contributed by atoms with Crippen molar-refractivity contribution in [1.82, 2.24) is 9.80 Å². The number of hydrogen-bond donors (Lipinski definition) is 0. The standard InChI is InChI=1S/C21H22F2N2O3/c1-14-4-3-5-15(2)20(14)28-13-19(26)24-8-10-25(11-9-24)21(27)16-6-7-17(22)18(23)12-16/h3-7,12H,8-11,13H2,1-2H3. The molecule has 2 aromatic carbocycles. The van der Waals surface area contributed by atoms with Gasteiger partial charge in [0.15, 0.2) is 18.2 Å². The Hall–Kier alpha value is -2.96. The molecule has 0 aromatic heterocycles. The molecule has 7 heteroatoms. The summed E-state index contributed by atoms with van der Waals surface area (Å²) < 4.78 is 32.1. The summed E-state index contributed by atoms with van der Waals surface area (Å²) in [5.74, 6) is -1.86. The molecule has 148 valence electrons. The number of ether oxygens (including phenoxy) is 1. The van der Waals surface area contributed by atoms with Gasteiger partial charge >= 0.3 is 0 Å². The molecule has 1 heterocycles. The molecule has 3 rings (SSSR count). The van der Waals surface area contributed by atoms with Gasteiger partial charge in [-0.15, -0.1) is 0 Å². The lowest BCUT2D eigenvalue weighted by atomic mass is 10.1. The van der Waals surface area contributed by atoms with Crippen LogP contribution in [-0.4, -0.2) is 54.4 Å². The van der Waals surface area contributed by atoms with Crippen molar-refractivity contribution in [1.29, 1.82) is 0 Å². The third-order valence-corrected chi connectivity index (χ3v) is 4.83. The molecule has 5 nitrogen and oxygen atoms in total. The summed E-state index contributed by atoms with van der Waals surface area (Å²) in [6.45, 7) is 5.17. The van der Waals surface area contributed by atoms with Crippen molar-refractivity contribution < 1.29 is 23.1 Å². The van der Waals surface area contributed by atoms with Gasteiger partial charge in [0.25, 0.3) is 11.8 Å². The zero-order chi connectivity index (χ0) is 20.3. The number of benzene rings is 2. The highest BCUT2D eigenvalue weighted by molar-refractivity contribution is 5.94. The van der Waals surface area contributed by atoms with Crippen molar-refractivity contribution in [3.05, 3.63) is 64.7 Å². The molecule has 0 unspecified atom stereocenters. The molecule has 1 fully saturated rings. The highest BCUT2D eigenvalue weighted by atomic mass is 19.2. The number of rotatable bonds is 4. The summed E-state index contributed by atoms with van der Waals surface area (Å²) in [6, 6.07) is 8.88. The lowest BCUT2D eigenvalue weighted by Crippen LogP contribution is -2.51.